The van der Waals surface area contributed by atoms with Gasteiger partial charge in [-0.05, 0) is 47.4 Å². The molecule has 0 spiro atoms. The van der Waals surface area contributed by atoms with Crippen LogP contribution in [0.4, 0.5) is 5.69 Å². The highest BCUT2D eigenvalue weighted by atomic mass is 16.7. The molecule has 6 nitrogen and oxygen atoms in total. The Balaban J connectivity index is 1.26. The number of carbonyl (C=O) groups is 1. The molecule has 0 saturated heterocycles. The average molecular weight is 387 g/mol. The molecule has 5 rings (SSSR count). The van der Waals surface area contributed by atoms with Crippen molar-refractivity contribution in [3.8, 4) is 11.5 Å². The van der Waals surface area contributed by atoms with E-state index in [2.05, 4.69) is 39.5 Å². The van der Waals surface area contributed by atoms with Crippen LogP contribution in [-0.4, -0.2) is 24.2 Å². The number of rotatable bonds is 4. The molecule has 0 aliphatic carbocycles. The fraction of sp³-hybridized carbons (Fsp3) is 0.217. The summed E-state index contributed by atoms with van der Waals surface area (Å²) in [6.07, 6.45) is 2.70. The quantitative estimate of drug-likeness (QED) is 0.744. The van der Waals surface area contributed by atoms with Crippen LogP contribution < -0.4 is 19.7 Å². The molecule has 29 heavy (non-hydrogen) atoms. The van der Waals surface area contributed by atoms with Crippen LogP contribution in [0.3, 0.4) is 0 Å². The largest absolute Gasteiger partial charge is 0.454 e. The van der Waals surface area contributed by atoms with E-state index in [0.29, 0.717) is 18.0 Å². The SMILES string of the molecule is O=C(NCc1ccc2c(c1)OCO2)c1cc(N2CCc3ccccc3C2)ccn1. The molecule has 3 aromatic rings. The van der Waals surface area contributed by atoms with Crippen molar-refractivity contribution in [3.63, 3.8) is 0 Å². The highest BCUT2D eigenvalue weighted by Crippen LogP contribution is 2.32. The molecule has 1 aromatic heterocycles. The van der Waals surface area contributed by atoms with E-state index in [4.69, 9.17) is 9.47 Å². The Morgan fingerprint density at radius 1 is 1.03 bits per heavy atom. The molecule has 0 unspecified atom stereocenters. The minimum Gasteiger partial charge on any atom is -0.454 e. The van der Waals surface area contributed by atoms with Gasteiger partial charge in [-0.25, -0.2) is 0 Å². The molecule has 6 heteroatoms. The van der Waals surface area contributed by atoms with Crippen molar-refractivity contribution in [1.82, 2.24) is 10.3 Å². The molecular formula is C23H21N3O3. The predicted molar refractivity (Wildman–Crippen MR) is 109 cm³/mol. The maximum Gasteiger partial charge on any atom is 0.270 e. The van der Waals surface area contributed by atoms with Gasteiger partial charge in [-0.3, -0.25) is 9.78 Å². The second-order valence-electron chi connectivity index (χ2n) is 7.21. The van der Waals surface area contributed by atoms with Crippen molar-refractivity contribution < 1.29 is 14.3 Å². The maximum absolute atomic E-state index is 12.6. The number of anilines is 1. The molecule has 0 atom stereocenters. The molecule has 1 N–H and O–H groups in total. The van der Waals surface area contributed by atoms with Crippen molar-refractivity contribution in [2.24, 2.45) is 0 Å². The normalized spacial score (nSPS) is 14.4. The van der Waals surface area contributed by atoms with Crippen LogP contribution in [0.1, 0.15) is 27.2 Å². The summed E-state index contributed by atoms with van der Waals surface area (Å²) in [7, 11) is 0. The number of aromatic nitrogens is 1. The van der Waals surface area contributed by atoms with Crippen LogP contribution in [-0.2, 0) is 19.5 Å². The van der Waals surface area contributed by atoms with Crippen LogP contribution in [0.2, 0.25) is 0 Å². The first-order valence-corrected chi connectivity index (χ1v) is 9.71. The Kier molecular flexibility index (Phi) is 4.52. The third-order valence-electron chi connectivity index (χ3n) is 5.36. The van der Waals surface area contributed by atoms with Gasteiger partial charge in [0.2, 0.25) is 6.79 Å². The number of nitrogens with one attached hydrogen (secondary N) is 1. The van der Waals surface area contributed by atoms with E-state index in [1.54, 1.807) is 6.20 Å². The number of ether oxygens (including phenoxy) is 2. The van der Waals surface area contributed by atoms with Gasteiger partial charge in [-0.15, -0.1) is 0 Å². The number of fused-ring (bicyclic) bond motifs is 2. The van der Waals surface area contributed by atoms with Crippen molar-refractivity contribution in [2.45, 2.75) is 19.5 Å². The lowest BCUT2D eigenvalue weighted by molar-refractivity contribution is 0.0946. The molecule has 2 aliphatic heterocycles. The van der Waals surface area contributed by atoms with Crippen molar-refractivity contribution in [3.05, 3.63) is 83.2 Å². The smallest absolute Gasteiger partial charge is 0.270 e. The van der Waals surface area contributed by atoms with E-state index in [-0.39, 0.29) is 12.7 Å². The van der Waals surface area contributed by atoms with Gasteiger partial charge >= 0.3 is 0 Å². The summed E-state index contributed by atoms with van der Waals surface area (Å²) in [6.45, 7) is 2.42. The minimum absolute atomic E-state index is 0.193. The zero-order chi connectivity index (χ0) is 19.6. The topological polar surface area (TPSA) is 63.7 Å². The van der Waals surface area contributed by atoms with Crippen LogP contribution in [0.5, 0.6) is 11.5 Å². The van der Waals surface area contributed by atoms with Gasteiger partial charge < -0.3 is 19.7 Å². The minimum atomic E-state index is -0.193. The number of hydrogen-bond donors (Lipinski definition) is 1. The van der Waals surface area contributed by atoms with E-state index < -0.39 is 0 Å². The first-order chi connectivity index (χ1) is 14.3. The first-order valence-electron chi connectivity index (χ1n) is 9.71. The average Bonchev–Trinajstić information content (AvgIpc) is 3.25. The van der Waals surface area contributed by atoms with Gasteiger partial charge in [0.1, 0.15) is 5.69 Å². The molecular weight excluding hydrogens is 366 g/mol. The van der Waals surface area contributed by atoms with Gasteiger partial charge in [0.25, 0.3) is 5.91 Å². The number of pyridine rings is 1. The molecule has 0 bridgehead atoms. The Labute approximate surface area is 169 Å². The molecule has 0 radical (unpaired) electrons. The molecule has 146 valence electrons. The van der Waals surface area contributed by atoms with E-state index in [0.717, 1.165) is 36.5 Å². The molecule has 2 aliphatic rings. The second-order valence-corrected chi connectivity index (χ2v) is 7.21. The van der Waals surface area contributed by atoms with Crippen molar-refractivity contribution >= 4 is 11.6 Å². The Bertz CT molecular complexity index is 1070. The Hall–Kier alpha value is -3.54. The van der Waals surface area contributed by atoms with E-state index in [1.807, 2.05) is 30.3 Å². The van der Waals surface area contributed by atoms with Crippen LogP contribution in [0.25, 0.3) is 0 Å². The van der Waals surface area contributed by atoms with E-state index in [1.165, 1.54) is 11.1 Å². The van der Waals surface area contributed by atoms with Gasteiger partial charge in [0.05, 0.1) is 0 Å². The number of carbonyl (C=O) groups excluding carboxylic acids is 1. The summed E-state index contributed by atoms with van der Waals surface area (Å²) >= 11 is 0. The number of hydrogen-bond acceptors (Lipinski definition) is 5. The fourth-order valence-electron chi connectivity index (χ4n) is 3.78. The summed E-state index contributed by atoms with van der Waals surface area (Å²) in [5.74, 6) is 1.25. The van der Waals surface area contributed by atoms with Gasteiger partial charge in [0.15, 0.2) is 11.5 Å². The van der Waals surface area contributed by atoms with Crippen molar-refractivity contribution in [1.29, 1.82) is 0 Å². The molecule has 2 aromatic carbocycles. The maximum atomic E-state index is 12.6. The highest BCUT2D eigenvalue weighted by molar-refractivity contribution is 5.93. The summed E-state index contributed by atoms with van der Waals surface area (Å²) in [5, 5.41) is 2.94. The third-order valence-corrected chi connectivity index (χ3v) is 5.36. The third kappa shape index (κ3) is 3.61. The highest BCUT2D eigenvalue weighted by Gasteiger charge is 2.18. The monoisotopic (exact) mass is 387 g/mol. The Morgan fingerprint density at radius 3 is 2.83 bits per heavy atom. The number of benzene rings is 2. The Morgan fingerprint density at radius 2 is 1.90 bits per heavy atom. The predicted octanol–water partition coefficient (Wildman–Crippen LogP) is 3.30. The lowest BCUT2D eigenvalue weighted by Gasteiger charge is -2.30. The van der Waals surface area contributed by atoms with E-state index in [9.17, 15) is 4.79 Å². The van der Waals surface area contributed by atoms with Crippen LogP contribution in [0, 0.1) is 0 Å². The second kappa shape index (κ2) is 7.47. The summed E-state index contributed by atoms with van der Waals surface area (Å²) < 4.78 is 10.7. The molecule has 3 heterocycles. The van der Waals surface area contributed by atoms with Crippen LogP contribution >= 0.6 is 0 Å². The zero-order valence-electron chi connectivity index (χ0n) is 15.9. The first kappa shape index (κ1) is 17.6. The summed E-state index contributed by atoms with van der Waals surface area (Å²) in [4.78, 5) is 19.2. The van der Waals surface area contributed by atoms with Gasteiger partial charge in [-0.1, -0.05) is 30.3 Å². The molecule has 0 saturated carbocycles. The number of nitrogens with zero attached hydrogens (tertiary/aromatic N) is 2. The fourth-order valence-corrected chi connectivity index (χ4v) is 3.78. The lowest BCUT2D eigenvalue weighted by Crippen LogP contribution is -2.31. The number of amides is 1. The van der Waals surface area contributed by atoms with Crippen molar-refractivity contribution in [2.75, 3.05) is 18.2 Å². The summed E-state index contributed by atoms with van der Waals surface area (Å²) in [5.41, 5.74) is 5.13. The van der Waals surface area contributed by atoms with Crippen LogP contribution in [0.15, 0.2) is 60.8 Å². The molecule has 1 amide bonds. The lowest BCUT2D eigenvalue weighted by atomic mass is 9.99. The standard InChI is InChI=1S/C23H21N3O3/c27-23(25-13-16-5-6-21-22(11-16)29-15-28-21)20-12-19(7-9-24-20)26-10-8-17-3-1-2-4-18(17)14-26/h1-7,9,11-12H,8,10,13-15H2,(H,25,27). The zero-order valence-corrected chi connectivity index (χ0v) is 15.9. The van der Waals surface area contributed by atoms with Gasteiger partial charge in [-0.2, -0.15) is 0 Å². The molecule has 0 fully saturated rings. The van der Waals surface area contributed by atoms with Gasteiger partial charge in [0, 0.05) is 31.5 Å². The van der Waals surface area contributed by atoms with E-state index >= 15 is 0 Å². The summed E-state index contributed by atoms with van der Waals surface area (Å²) in [6, 6.07) is 18.0.